The molecule has 132 valence electrons. The van der Waals surface area contributed by atoms with Crippen LogP contribution >= 0.6 is 0 Å². The Morgan fingerprint density at radius 3 is 2.36 bits per heavy atom. The Kier molecular flexibility index (Phi) is 6.40. The Labute approximate surface area is 148 Å². The molecule has 0 saturated heterocycles. The van der Waals surface area contributed by atoms with E-state index in [9.17, 15) is 14.1 Å². The van der Waals surface area contributed by atoms with Gasteiger partial charge >= 0.3 is 6.09 Å². The van der Waals surface area contributed by atoms with Gasteiger partial charge in [0.1, 0.15) is 0 Å². The van der Waals surface area contributed by atoms with E-state index in [2.05, 4.69) is 15.4 Å². The predicted octanol–water partition coefficient (Wildman–Crippen LogP) is 2.32. The van der Waals surface area contributed by atoms with Crippen molar-refractivity contribution in [3.63, 3.8) is 0 Å². The summed E-state index contributed by atoms with van der Waals surface area (Å²) < 4.78 is 17.2. The third-order valence-corrected chi connectivity index (χ3v) is 4.61. The maximum absolute atomic E-state index is 12.7. The van der Waals surface area contributed by atoms with E-state index in [4.69, 9.17) is 5.73 Å². The van der Waals surface area contributed by atoms with Gasteiger partial charge in [0.05, 0.1) is 13.2 Å². The van der Waals surface area contributed by atoms with Crippen LogP contribution in [0.4, 0.5) is 16.2 Å². The zero-order valence-electron chi connectivity index (χ0n) is 13.8. The molecule has 0 bridgehead atoms. The van der Waals surface area contributed by atoms with Crippen LogP contribution in [-0.2, 0) is 20.7 Å². The molecule has 0 spiro atoms. The number of methoxy groups -OCH3 is 1. The number of amides is 2. The van der Waals surface area contributed by atoms with Crippen LogP contribution in [-0.4, -0.2) is 29.7 Å². The van der Waals surface area contributed by atoms with E-state index in [0.717, 1.165) is 0 Å². The maximum Gasteiger partial charge on any atom is 0.411 e. The van der Waals surface area contributed by atoms with Crippen molar-refractivity contribution in [1.82, 2.24) is 0 Å². The summed E-state index contributed by atoms with van der Waals surface area (Å²) in [6.45, 7) is 1.58. The van der Waals surface area contributed by atoms with Gasteiger partial charge in [0.15, 0.2) is 9.79 Å². The van der Waals surface area contributed by atoms with E-state index in [1.807, 2.05) is 0 Å². The number of hydrogen-bond acceptors (Lipinski definition) is 5. The molecule has 8 heteroatoms. The van der Waals surface area contributed by atoms with Gasteiger partial charge in [0, 0.05) is 28.6 Å². The fourth-order valence-electron chi connectivity index (χ4n) is 1.91. The Hall–Kier alpha value is -2.55. The first-order valence-electron chi connectivity index (χ1n) is 7.44. The second-order valence-corrected chi connectivity index (χ2v) is 6.70. The lowest BCUT2D eigenvalue weighted by Gasteiger charge is -2.13. The number of rotatable bonds is 5. The lowest BCUT2D eigenvalue weighted by atomic mass is 10.3. The average molecular weight is 361 g/mol. The third-order valence-electron chi connectivity index (χ3n) is 3.23. The Morgan fingerprint density at radius 1 is 1.08 bits per heavy atom. The molecule has 2 atom stereocenters. The van der Waals surface area contributed by atoms with E-state index in [1.165, 1.54) is 7.11 Å². The zero-order valence-corrected chi connectivity index (χ0v) is 14.6. The van der Waals surface area contributed by atoms with Gasteiger partial charge in [-0.1, -0.05) is 6.07 Å². The van der Waals surface area contributed by atoms with Crippen molar-refractivity contribution >= 4 is 34.6 Å². The van der Waals surface area contributed by atoms with Crippen LogP contribution in [0.1, 0.15) is 6.92 Å². The lowest BCUT2D eigenvalue weighted by Crippen LogP contribution is -2.32. The molecule has 7 nitrogen and oxygen atoms in total. The molecule has 0 fully saturated rings. The number of carbonyl (C=O) groups excluding carboxylic acids is 2. The average Bonchev–Trinajstić information content (AvgIpc) is 2.61. The highest BCUT2D eigenvalue weighted by atomic mass is 32.2. The van der Waals surface area contributed by atoms with Gasteiger partial charge in [-0.25, -0.2) is 4.79 Å². The van der Waals surface area contributed by atoms with Crippen molar-refractivity contribution < 1.29 is 18.9 Å². The first-order valence-corrected chi connectivity index (χ1v) is 8.59. The van der Waals surface area contributed by atoms with E-state index in [1.54, 1.807) is 55.5 Å². The van der Waals surface area contributed by atoms with Crippen LogP contribution in [0.15, 0.2) is 58.3 Å². The number of nitrogens with one attached hydrogen (secondary N) is 2. The number of anilines is 2. The van der Waals surface area contributed by atoms with Crippen LogP contribution in [0, 0.1) is 0 Å². The highest BCUT2D eigenvalue weighted by Crippen LogP contribution is 2.24. The molecule has 0 aromatic heterocycles. The van der Waals surface area contributed by atoms with E-state index in [0.29, 0.717) is 21.2 Å². The molecule has 0 aliphatic carbocycles. The summed E-state index contributed by atoms with van der Waals surface area (Å²) in [4.78, 5) is 23.9. The molecule has 0 radical (unpaired) electrons. The molecule has 0 heterocycles. The molecule has 2 amide bonds. The monoisotopic (exact) mass is 361 g/mol. The summed E-state index contributed by atoms with van der Waals surface area (Å²) in [5.74, 6) is -0.318. The Morgan fingerprint density at radius 2 is 1.76 bits per heavy atom. The summed E-state index contributed by atoms with van der Waals surface area (Å²) in [7, 11) is 1.27. The van der Waals surface area contributed by atoms with E-state index >= 15 is 0 Å². The van der Waals surface area contributed by atoms with Crippen molar-refractivity contribution in [3.05, 3.63) is 48.5 Å². The quantitative estimate of drug-likeness (QED) is 0.707. The van der Waals surface area contributed by atoms with Crippen molar-refractivity contribution in [1.29, 1.82) is 0 Å². The second-order valence-electron chi connectivity index (χ2n) is 5.22. The largest absolute Gasteiger partial charge is 0.606 e. The third kappa shape index (κ3) is 5.21. The molecule has 2 rings (SSSR count). The molecular weight excluding hydrogens is 342 g/mol. The summed E-state index contributed by atoms with van der Waals surface area (Å²) in [5.41, 5.74) is 6.58. The summed E-state index contributed by atoms with van der Waals surface area (Å²) >= 11 is -1.43. The minimum Gasteiger partial charge on any atom is -0.606 e. The number of carbonyl (C=O) groups is 2. The molecule has 2 aromatic carbocycles. The van der Waals surface area contributed by atoms with E-state index < -0.39 is 23.3 Å². The SMILES string of the molecule is COC(=O)Nc1ccc([S+]([O-])c2cccc(NC(=O)C(C)N)c2)cc1. The van der Waals surface area contributed by atoms with Gasteiger partial charge < -0.3 is 20.3 Å². The van der Waals surface area contributed by atoms with Crippen LogP contribution in [0.2, 0.25) is 0 Å². The molecule has 4 N–H and O–H groups in total. The van der Waals surface area contributed by atoms with Crippen LogP contribution in [0.3, 0.4) is 0 Å². The first kappa shape index (κ1) is 18.8. The number of ether oxygens (including phenoxy) is 1. The molecule has 0 aliphatic heterocycles. The number of nitrogens with two attached hydrogens (primary N) is 1. The van der Waals surface area contributed by atoms with Crippen LogP contribution in [0.25, 0.3) is 0 Å². The first-order chi connectivity index (χ1) is 11.9. The molecule has 25 heavy (non-hydrogen) atoms. The standard InChI is InChI=1S/C17H19N3O4S/c1-11(18)16(21)19-13-4-3-5-15(10-13)25(23)14-8-6-12(7-9-14)20-17(22)24-2/h3-11H,18H2,1-2H3,(H,19,21)(H,20,22). The Bertz CT molecular complexity index is 750. The molecule has 2 unspecified atom stereocenters. The van der Waals surface area contributed by atoms with Gasteiger partial charge in [0.2, 0.25) is 5.91 Å². The topological polar surface area (TPSA) is 117 Å². The van der Waals surface area contributed by atoms with Crippen LogP contribution in [0.5, 0.6) is 0 Å². The van der Waals surface area contributed by atoms with Gasteiger partial charge in [-0.05, 0) is 43.3 Å². The minimum absolute atomic E-state index is 0.318. The number of hydrogen-bond donors (Lipinski definition) is 3. The molecular formula is C17H19N3O4S. The fraction of sp³-hybridized carbons (Fsp3) is 0.176. The summed E-state index contributed by atoms with van der Waals surface area (Å²) in [5, 5.41) is 5.18. The van der Waals surface area contributed by atoms with Crippen molar-refractivity contribution in [2.24, 2.45) is 5.73 Å². The van der Waals surface area contributed by atoms with Gasteiger partial charge in [0.25, 0.3) is 0 Å². The Balaban J connectivity index is 2.13. The van der Waals surface area contributed by atoms with Crippen molar-refractivity contribution in [2.45, 2.75) is 22.8 Å². The normalized spacial score (nSPS) is 12.8. The molecule has 2 aromatic rings. The molecule has 0 saturated carbocycles. The minimum atomic E-state index is -1.43. The van der Waals surface area contributed by atoms with Crippen LogP contribution < -0.4 is 16.4 Å². The van der Waals surface area contributed by atoms with Crippen molar-refractivity contribution in [2.75, 3.05) is 17.7 Å². The predicted molar refractivity (Wildman–Crippen MR) is 95.9 cm³/mol. The maximum atomic E-state index is 12.7. The fourth-order valence-corrected chi connectivity index (χ4v) is 3.00. The molecule has 0 aliphatic rings. The van der Waals surface area contributed by atoms with Gasteiger partial charge in [-0.3, -0.25) is 10.1 Å². The van der Waals surface area contributed by atoms with E-state index in [-0.39, 0.29) is 5.91 Å². The van der Waals surface area contributed by atoms with Gasteiger partial charge in [-0.15, -0.1) is 0 Å². The summed E-state index contributed by atoms with van der Waals surface area (Å²) in [6, 6.07) is 12.7. The lowest BCUT2D eigenvalue weighted by molar-refractivity contribution is -0.117. The van der Waals surface area contributed by atoms with Gasteiger partial charge in [-0.2, -0.15) is 0 Å². The summed E-state index contributed by atoms with van der Waals surface area (Å²) in [6.07, 6.45) is -0.577. The second kappa shape index (κ2) is 8.52. The zero-order chi connectivity index (χ0) is 18.4. The highest BCUT2D eigenvalue weighted by Gasteiger charge is 2.16. The highest BCUT2D eigenvalue weighted by molar-refractivity contribution is 7.91. The smallest absolute Gasteiger partial charge is 0.411 e. The van der Waals surface area contributed by atoms with Crippen molar-refractivity contribution in [3.8, 4) is 0 Å². The number of benzene rings is 2.